The SMILES string of the molecule is O=C(OCC12CC3C[C@H](CC(O)(C3)C1)C2)C(F)(F)S(=O)(=O)O. The maximum atomic E-state index is 13.2. The first-order chi connectivity index (χ1) is 9.95. The second-order valence-electron chi connectivity index (χ2n) is 7.25. The van der Waals surface area contributed by atoms with Crippen LogP contribution in [0.5, 0.6) is 0 Å². The van der Waals surface area contributed by atoms with Crippen molar-refractivity contribution in [3.8, 4) is 0 Å². The van der Waals surface area contributed by atoms with E-state index < -0.39 is 32.4 Å². The number of esters is 1. The molecular formula is C13H18F2O6S. The fraction of sp³-hybridized carbons (Fsp3) is 0.923. The minimum Gasteiger partial charge on any atom is -0.460 e. The molecule has 9 heteroatoms. The lowest BCUT2D eigenvalue weighted by atomic mass is 9.48. The van der Waals surface area contributed by atoms with Gasteiger partial charge in [-0.1, -0.05) is 0 Å². The Morgan fingerprint density at radius 2 is 1.77 bits per heavy atom. The van der Waals surface area contributed by atoms with Crippen LogP contribution in [0, 0.1) is 17.3 Å². The van der Waals surface area contributed by atoms with Crippen LogP contribution in [0.15, 0.2) is 0 Å². The van der Waals surface area contributed by atoms with E-state index in [1.165, 1.54) is 0 Å². The number of halogens is 2. The molecule has 0 saturated heterocycles. The van der Waals surface area contributed by atoms with Gasteiger partial charge in [-0.3, -0.25) is 4.55 Å². The highest BCUT2D eigenvalue weighted by atomic mass is 32.2. The Bertz CT molecular complexity index is 588. The van der Waals surface area contributed by atoms with Crippen molar-refractivity contribution >= 4 is 16.1 Å². The third-order valence-electron chi connectivity index (χ3n) is 5.22. The Balaban J connectivity index is 1.71. The van der Waals surface area contributed by atoms with E-state index in [0.717, 1.165) is 6.42 Å². The summed E-state index contributed by atoms with van der Waals surface area (Å²) in [7, 11) is -5.85. The molecule has 22 heavy (non-hydrogen) atoms. The molecule has 2 N–H and O–H groups in total. The van der Waals surface area contributed by atoms with Gasteiger partial charge in [-0.15, -0.1) is 0 Å². The number of hydrogen-bond acceptors (Lipinski definition) is 5. The van der Waals surface area contributed by atoms with E-state index in [0.29, 0.717) is 32.1 Å². The fourth-order valence-corrected chi connectivity index (χ4v) is 5.25. The molecule has 0 radical (unpaired) electrons. The first-order valence-corrected chi connectivity index (χ1v) is 8.63. The van der Waals surface area contributed by atoms with Crippen LogP contribution in [0.4, 0.5) is 8.78 Å². The van der Waals surface area contributed by atoms with Crippen molar-refractivity contribution < 1.29 is 36.4 Å². The lowest BCUT2D eigenvalue weighted by Crippen LogP contribution is -2.57. The molecule has 0 aromatic heterocycles. The van der Waals surface area contributed by atoms with Crippen molar-refractivity contribution in [3.05, 3.63) is 0 Å². The summed E-state index contributed by atoms with van der Waals surface area (Å²) in [5.41, 5.74) is -1.40. The molecule has 4 saturated carbocycles. The zero-order chi connectivity index (χ0) is 16.4. The molecule has 4 aliphatic carbocycles. The molecule has 6 nitrogen and oxygen atoms in total. The molecule has 0 heterocycles. The Kier molecular flexibility index (Phi) is 3.37. The molecule has 4 aliphatic rings. The van der Waals surface area contributed by atoms with Gasteiger partial charge in [0.05, 0.1) is 12.2 Å². The second-order valence-corrected chi connectivity index (χ2v) is 8.72. The van der Waals surface area contributed by atoms with Gasteiger partial charge in [-0.05, 0) is 50.4 Å². The van der Waals surface area contributed by atoms with Crippen molar-refractivity contribution in [2.24, 2.45) is 17.3 Å². The van der Waals surface area contributed by atoms with E-state index in [-0.39, 0.29) is 18.4 Å². The molecule has 0 amide bonds. The summed E-state index contributed by atoms with van der Waals surface area (Å²) in [6, 6.07) is 0. The Hall–Kier alpha value is -0.800. The highest BCUT2D eigenvalue weighted by Crippen LogP contribution is 2.61. The lowest BCUT2D eigenvalue weighted by Gasteiger charge is -2.59. The Labute approximate surface area is 126 Å². The summed E-state index contributed by atoms with van der Waals surface area (Å²) in [5, 5.41) is 5.53. The maximum Gasteiger partial charge on any atom is 0.465 e. The van der Waals surface area contributed by atoms with Crippen molar-refractivity contribution in [2.75, 3.05) is 6.61 Å². The largest absolute Gasteiger partial charge is 0.465 e. The average molecular weight is 340 g/mol. The van der Waals surface area contributed by atoms with E-state index in [1.807, 2.05) is 0 Å². The van der Waals surface area contributed by atoms with Gasteiger partial charge in [0.2, 0.25) is 0 Å². The number of carbonyl (C=O) groups is 1. The van der Waals surface area contributed by atoms with Gasteiger partial charge in [0, 0.05) is 5.41 Å². The van der Waals surface area contributed by atoms with Crippen molar-refractivity contribution in [2.45, 2.75) is 49.4 Å². The van der Waals surface area contributed by atoms with Gasteiger partial charge in [-0.25, -0.2) is 4.79 Å². The number of hydrogen-bond donors (Lipinski definition) is 2. The van der Waals surface area contributed by atoms with Gasteiger partial charge in [0.1, 0.15) is 0 Å². The summed E-state index contributed by atoms with van der Waals surface area (Å²) in [6.07, 6.45) is 4.07. The van der Waals surface area contributed by atoms with E-state index in [2.05, 4.69) is 4.74 Å². The van der Waals surface area contributed by atoms with E-state index in [9.17, 15) is 27.1 Å². The van der Waals surface area contributed by atoms with Crippen LogP contribution in [0.2, 0.25) is 0 Å². The van der Waals surface area contributed by atoms with Gasteiger partial charge >= 0.3 is 21.3 Å². The Morgan fingerprint density at radius 3 is 2.23 bits per heavy atom. The first kappa shape index (κ1) is 16.1. The van der Waals surface area contributed by atoms with Gasteiger partial charge in [-0.2, -0.15) is 17.2 Å². The van der Waals surface area contributed by atoms with Crippen LogP contribution in [0.3, 0.4) is 0 Å². The molecule has 0 spiro atoms. The summed E-state index contributed by atoms with van der Waals surface area (Å²) >= 11 is 0. The minimum absolute atomic E-state index is 0.284. The predicted octanol–water partition coefficient (Wildman–Crippen LogP) is 1.34. The minimum atomic E-state index is -5.85. The number of aliphatic hydroxyl groups is 1. The molecule has 126 valence electrons. The molecule has 0 aromatic carbocycles. The predicted molar refractivity (Wildman–Crippen MR) is 69.5 cm³/mol. The summed E-state index contributed by atoms with van der Waals surface area (Å²) < 4.78 is 60.4. The highest BCUT2D eigenvalue weighted by molar-refractivity contribution is 7.87. The smallest absolute Gasteiger partial charge is 0.460 e. The van der Waals surface area contributed by atoms with Gasteiger partial charge < -0.3 is 9.84 Å². The number of alkyl halides is 2. The standard InChI is InChI=1S/C13H18F2O6S/c14-13(15,22(18,19)20)10(16)21-7-11-2-8-1-9(3-11)5-12(17,4-8)6-11/h8-9,17H,1-7H2,(H,18,19,20)/t8-,9?,11?,12?/m0/s1. The molecule has 4 bridgehead atoms. The lowest BCUT2D eigenvalue weighted by molar-refractivity contribution is -0.193. The van der Waals surface area contributed by atoms with Crippen LogP contribution in [-0.2, 0) is 19.6 Å². The zero-order valence-corrected chi connectivity index (χ0v) is 12.6. The van der Waals surface area contributed by atoms with E-state index >= 15 is 0 Å². The topological polar surface area (TPSA) is 101 Å². The molecule has 4 atom stereocenters. The van der Waals surface area contributed by atoms with Crippen LogP contribution in [0.25, 0.3) is 0 Å². The molecule has 0 aliphatic heterocycles. The quantitative estimate of drug-likeness (QED) is 0.592. The summed E-state index contributed by atoms with van der Waals surface area (Å²) in [5.74, 6) is -1.70. The first-order valence-electron chi connectivity index (χ1n) is 7.19. The second kappa shape index (κ2) is 4.61. The van der Waals surface area contributed by atoms with Crippen molar-refractivity contribution in [3.63, 3.8) is 0 Å². The average Bonchev–Trinajstić information content (AvgIpc) is 2.31. The van der Waals surface area contributed by atoms with Crippen LogP contribution < -0.4 is 0 Å². The number of rotatable bonds is 4. The molecular weight excluding hydrogens is 322 g/mol. The highest BCUT2D eigenvalue weighted by Gasteiger charge is 2.59. The molecule has 4 fully saturated rings. The zero-order valence-electron chi connectivity index (χ0n) is 11.8. The number of ether oxygens (including phenoxy) is 1. The van der Waals surface area contributed by atoms with Gasteiger partial charge in [0.15, 0.2) is 0 Å². The van der Waals surface area contributed by atoms with Crippen molar-refractivity contribution in [1.29, 1.82) is 0 Å². The summed E-state index contributed by atoms with van der Waals surface area (Å²) in [6.45, 7) is -0.355. The number of carbonyl (C=O) groups excluding carboxylic acids is 1. The molecule has 3 unspecified atom stereocenters. The maximum absolute atomic E-state index is 13.2. The van der Waals surface area contributed by atoms with E-state index in [4.69, 9.17) is 4.55 Å². The van der Waals surface area contributed by atoms with E-state index in [1.54, 1.807) is 0 Å². The molecule has 4 rings (SSSR count). The third-order valence-corrected chi connectivity index (χ3v) is 6.04. The van der Waals surface area contributed by atoms with Gasteiger partial charge in [0.25, 0.3) is 0 Å². The van der Waals surface area contributed by atoms with Crippen molar-refractivity contribution in [1.82, 2.24) is 0 Å². The van der Waals surface area contributed by atoms with Crippen LogP contribution in [-0.4, -0.2) is 41.5 Å². The molecule has 0 aromatic rings. The monoisotopic (exact) mass is 340 g/mol. The summed E-state index contributed by atoms with van der Waals surface area (Å²) in [4.78, 5) is 11.3. The normalized spacial score (nSPS) is 40.7. The third kappa shape index (κ3) is 2.52. The fourth-order valence-electron chi connectivity index (χ4n) is 4.98. The van der Waals surface area contributed by atoms with Crippen LogP contribution >= 0.6 is 0 Å². The van der Waals surface area contributed by atoms with Crippen LogP contribution in [0.1, 0.15) is 38.5 Å². The Morgan fingerprint density at radius 1 is 1.23 bits per heavy atom.